The molecule has 138 valence electrons. The minimum Gasteiger partial charge on any atom is -0.254 e. The zero-order chi connectivity index (χ0) is 18.2. The summed E-state index contributed by atoms with van der Waals surface area (Å²) in [5, 5.41) is 2.57. The lowest BCUT2D eigenvalue weighted by Crippen LogP contribution is -1.95. The maximum Gasteiger partial charge on any atom is 0.0967 e. The zero-order valence-corrected chi connectivity index (χ0v) is 16.4. The van der Waals surface area contributed by atoms with Crippen molar-refractivity contribution in [3.05, 3.63) is 47.8 Å². The largest absolute Gasteiger partial charge is 0.254 e. The van der Waals surface area contributed by atoms with Crippen LogP contribution < -0.4 is 0 Å². The molecule has 2 aromatic heterocycles. The summed E-state index contributed by atoms with van der Waals surface area (Å²) in [6.07, 6.45) is 16.6. The van der Waals surface area contributed by atoms with E-state index in [0.29, 0.717) is 0 Å². The van der Waals surface area contributed by atoms with E-state index >= 15 is 0 Å². The molecule has 0 atom stereocenters. The predicted octanol–water partition coefficient (Wildman–Crippen LogP) is 7.03. The third kappa shape index (κ3) is 4.41. The van der Waals surface area contributed by atoms with Gasteiger partial charge in [0, 0.05) is 23.2 Å². The van der Waals surface area contributed by atoms with E-state index in [1.165, 1.54) is 73.3 Å². The lowest BCUT2D eigenvalue weighted by molar-refractivity contribution is 0.668. The summed E-state index contributed by atoms with van der Waals surface area (Å²) in [5.41, 5.74) is 4.99. The van der Waals surface area contributed by atoms with Gasteiger partial charge in [-0.15, -0.1) is 0 Å². The molecule has 26 heavy (non-hydrogen) atoms. The van der Waals surface area contributed by atoms with Crippen molar-refractivity contribution in [3.63, 3.8) is 0 Å². The molecule has 2 heterocycles. The van der Waals surface area contributed by atoms with Crippen LogP contribution in [0.2, 0.25) is 0 Å². The fraction of sp³-hybridized carbons (Fsp3) is 0.500. The molecule has 0 aliphatic rings. The molecule has 2 nitrogen and oxygen atoms in total. The highest BCUT2D eigenvalue weighted by molar-refractivity contribution is 6.04. The first-order chi connectivity index (χ1) is 12.8. The van der Waals surface area contributed by atoms with Crippen LogP contribution in [0.5, 0.6) is 0 Å². The Bertz CT molecular complexity index is 767. The molecule has 0 aliphatic carbocycles. The van der Waals surface area contributed by atoms with Gasteiger partial charge >= 0.3 is 0 Å². The third-order valence-electron chi connectivity index (χ3n) is 5.40. The number of fused-ring (bicyclic) bond motifs is 3. The number of aryl methyl sites for hydroxylation is 2. The molecule has 0 saturated heterocycles. The van der Waals surface area contributed by atoms with Crippen molar-refractivity contribution in [2.75, 3.05) is 0 Å². The van der Waals surface area contributed by atoms with Crippen LogP contribution in [0.1, 0.15) is 76.3 Å². The number of unbranched alkanes of at least 4 members (excludes halogenated alkanes) is 6. The first-order valence-corrected chi connectivity index (χ1v) is 10.5. The van der Waals surface area contributed by atoms with Crippen LogP contribution >= 0.6 is 0 Å². The molecule has 0 spiro atoms. The second-order valence-corrected chi connectivity index (χ2v) is 7.42. The molecule has 0 fully saturated rings. The zero-order valence-electron chi connectivity index (χ0n) is 16.4. The van der Waals surface area contributed by atoms with Crippen molar-refractivity contribution < 1.29 is 0 Å². The van der Waals surface area contributed by atoms with Crippen LogP contribution in [-0.2, 0) is 12.8 Å². The van der Waals surface area contributed by atoms with Gasteiger partial charge in [-0.3, -0.25) is 9.97 Å². The monoisotopic (exact) mass is 348 g/mol. The van der Waals surface area contributed by atoms with E-state index < -0.39 is 0 Å². The topological polar surface area (TPSA) is 25.8 Å². The summed E-state index contributed by atoms with van der Waals surface area (Å²) in [6, 6.07) is 8.93. The van der Waals surface area contributed by atoms with E-state index in [1.807, 2.05) is 12.4 Å². The maximum atomic E-state index is 4.70. The highest BCUT2D eigenvalue weighted by Crippen LogP contribution is 2.28. The van der Waals surface area contributed by atoms with Crippen LogP contribution in [-0.4, -0.2) is 9.97 Å². The molecule has 0 bridgehead atoms. The van der Waals surface area contributed by atoms with Gasteiger partial charge in [0.15, 0.2) is 0 Å². The molecule has 0 unspecified atom stereocenters. The second kappa shape index (κ2) is 9.66. The van der Waals surface area contributed by atoms with Crippen molar-refractivity contribution >= 4 is 21.8 Å². The van der Waals surface area contributed by atoms with Crippen molar-refractivity contribution in [1.82, 2.24) is 9.97 Å². The van der Waals surface area contributed by atoms with Crippen molar-refractivity contribution in [3.8, 4) is 0 Å². The highest BCUT2D eigenvalue weighted by atomic mass is 14.7. The second-order valence-electron chi connectivity index (χ2n) is 7.42. The third-order valence-corrected chi connectivity index (χ3v) is 5.40. The Balaban J connectivity index is 1.88. The minimum absolute atomic E-state index is 1.07. The van der Waals surface area contributed by atoms with E-state index in [1.54, 1.807) is 0 Å². The average Bonchev–Trinajstić information content (AvgIpc) is 2.68. The Labute approximate surface area is 158 Å². The van der Waals surface area contributed by atoms with Crippen molar-refractivity contribution in [2.24, 2.45) is 0 Å². The number of hydrogen-bond donors (Lipinski definition) is 0. The summed E-state index contributed by atoms with van der Waals surface area (Å²) in [5.74, 6) is 0. The summed E-state index contributed by atoms with van der Waals surface area (Å²) in [7, 11) is 0. The number of nitrogens with zero attached hydrogens (tertiary/aromatic N) is 2. The first kappa shape index (κ1) is 18.8. The smallest absolute Gasteiger partial charge is 0.0967 e. The predicted molar refractivity (Wildman–Crippen MR) is 113 cm³/mol. The van der Waals surface area contributed by atoms with Crippen molar-refractivity contribution in [2.45, 2.75) is 78.1 Å². The van der Waals surface area contributed by atoms with Crippen LogP contribution in [0.15, 0.2) is 36.7 Å². The van der Waals surface area contributed by atoms with Crippen LogP contribution in [0.25, 0.3) is 21.8 Å². The fourth-order valence-electron chi connectivity index (χ4n) is 3.86. The van der Waals surface area contributed by atoms with Gasteiger partial charge in [-0.05, 0) is 48.9 Å². The fourth-order valence-corrected chi connectivity index (χ4v) is 3.86. The molecule has 0 amide bonds. The van der Waals surface area contributed by atoms with Gasteiger partial charge in [0.2, 0.25) is 0 Å². The average molecular weight is 349 g/mol. The van der Waals surface area contributed by atoms with Gasteiger partial charge in [0.25, 0.3) is 0 Å². The van der Waals surface area contributed by atoms with E-state index in [2.05, 4.69) is 38.1 Å². The van der Waals surface area contributed by atoms with Crippen LogP contribution in [0.3, 0.4) is 0 Å². The summed E-state index contributed by atoms with van der Waals surface area (Å²) < 4.78 is 0. The van der Waals surface area contributed by atoms with Gasteiger partial charge in [-0.1, -0.05) is 64.5 Å². The van der Waals surface area contributed by atoms with Crippen LogP contribution in [0.4, 0.5) is 0 Å². The number of pyridine rings is 2. The number of aromatic nitrogens is 2. The Morgan fingerprint density at radius 3 is 1.46 bits per heavy atom. The Kier molecular flexibility index (Phi) is 6.99. The number of rotatable bonds is 10. The lowest BCUT2D eigenvalue weighted by atomic mass is 9.98. The quantitative estimate of drug-likeness (QED) is 0.290. The Morgan fingerprint density at radius 1 is 0.577 bits per heavy atom. The Hall–Kier alpha value is -1.96. The molecule has 1 aromatic carbocycles. The molecule has 0 N–H and O–H groups in total. The van der Waals surface area contributed by atoms with Gasteiger partial charge in [0.05, 0.1) is 11.0 Å². The summed E-state index contributed by atoms with van der Waals surface area (Å²) in [4.78, 5) is 9.41. The van der Waals surface area contributed by atoms with Crippen LogP contribution in [0, 0.1) is 0 Å². The molecule has 2 heteroatoms. The molecule has 3 rings (SSSR count). The summed E-state index contributed by atoms with van der Waals surface area (Å²) >= 11 is 0. The lowest BCUT2D eigenvalue weighted by Gasteiger charge is -2.11. The molecular formula is C24H32N2. The van der Waals surface area contributed by atoms with Crippen molar-refractivity contribution in [1.29, 1.82) is 0 Å². The first-order valence-electron chi connectivity index (χ1n) is 10.5. The van der Waals surface area contributed by atoms with Gasteiger partial charge in [-0.2, -0.15) is 0 Å². The van der Waals surface area contributed by atoms with Gasteiger partial charge < -0.3 is 0 Å². The molecule has 3 aromatic rings. The standard InChI is InChI=1S/C24H32N2/c1-3-5-7-9-11-19-15-17-25-23-21(19)13-14-22-20(12-10-8-6-4-2)16-18-26-24(22)23/h13-18H,3-12H2,1-2H3. The molecule has 0 aliphatic heterocycles. The van der Waals surface area contributed by atoms with E-state index in [4.69, 9.17) is 9.97 Å². The SMILES string of the molecule is CCCCCCc1ccnc2c1ccc1c(CCCCCC)ccnc12. The Morgan fingerprint density at radius 2 is 1.04 bits per heavy atom. The molecular weight excluding hydrogens is 316 g/mol. The summed E-state index contributed by atoms with van der Waals surface area (Å²) in [6.45, 7) is 4.53. The molecule has 0 radical (unpaired) electrons. The van der Waals surface area contributed by atoms with E-state index in [-0.39, 0.29) is 0 Å². The van der Waals surface area contributed by atoms with Gasteiger partial charge in [-0.25, -0.2) is 0 Å². The van der Waals surface area contributed by atoms with Gasteiger partial charge in [0.1, 0.15) is 0 Å². The maximum absolute atomic E-state index is 4.70. The number of hydrogen-bond acceptors (Lipinski definition) is 2. The minimum atomic E-state index is 1.07. The molecule has 0 saturated carbocycles. The number of benzene rings is 1. The normalized spacial score (nSPS) is 11.5. The van der Waals surface area contributed by atoms with E-state index in [0.717, 1.165) is 23.9 Å². The highest BCUT2D eigenvalue weighted by Gasteiger charge is 2.09. The van der Waals surface area contributed by atoms with E-state index in [9.17, 15) is 0 Å².